The molecule has 0 bridgehead atoms. The first kappa shape index (κ1) is 19.1. The van der Waals surface area contributed by atoms with Crippen LogP contribution in [0.15, 0.2) is 23.1 Å². The third-order valence-corrected chi connectivity index (χ3v) is 6.73. The van der Waals surface area contributed by atoms with Crippen molar-refractivity contribution in [2.24, 2.45) is 0 Å². The average molecular weight is 404 g/mol. The zero-order chi connectivity index (χ0) is 18.7. The minimum Gasteiger partial charge on any atom is -0.384 e. The maximum Gasteiger partial charge on any atom is 0.243 e. The molecule has 11 heteroatoms. The van der Waals surface area contributed by atoms with E-state index < -0.39 is 21.7 Å². The van der Waals surface area contributed by atoms with Crippen LogP contribution in [0, 0.1) is 11.6 Å². The van der Waals surface area contributed by atoms with E-state index in [1.165, 1.54) is 15.8 Å². The van der Waals surface area contributed by atoms with E-state index in [0.717, 1.165) is 17.3 Å². The summed E-state index contributed by atoms with van der Waals surface area (Å²) in [6, 6.07) is 2.61. The van der Waals surface area contributed by atoms with Crippen molar-refractivity contribution in [3.8, 4) is 0 Å². The molecule has 7 nitrogen and oxygen atoms in total. The molecule has 0 aliphatic carbocycles. The van der Waals surface area contributed by atoms with E-state index in [1.54, 1.807) is 7.11 Å². The normalized spacial score (nSPS) is 16.2. The first-order valence-electron chi connectivity index (χ1n) is 7.93. The molecular formula is C15H18F2N4O3S2. The van der Waals surface area contributed by atoms with Crippen molar-refractivity contribution in [1.29, 1.82) is 0 Å². The van der Waals surface area contributed by atoms with Crippen LogP contribution in [0.25, 0.3) is 0 Å². The maximum absolute atomic E-state index is 13.4. The fourth-order valence-electron chi connectivity index (χ4n) is 2.57. The Kier molecular flexibility index (Phi) is 5.80. The van der Waals surface area contributed by atoms with Gasteiger partial charge in [-0.25, -0.2) is 22.2 Å². The van der Waals surface area contributed by atoms with E-state index in [2.05, 4.69) is 9.36 Å². The summed E-state index contributed by atoms with van der Waals surface area (Å²) in [6.45, 7) is 1.89. The van der Waals surface area contributed by atoms with Gasteiger partial charge in [0.05, 0.1) is 11.5 Å². The van der Waals surface area contributed by atoms with Gasteiger partial charge in [-0.1, -0.05) is 0 Å². The molecule has 1 aromatic heterocycles. The number of benzene rings is 1. The standard InChI is InChI=1S/C15H18F2N4O3S2/c1-24-9-4-14-18-15(25-19-14)20-5-7-21(8-6-20)26(22,23)11-2-3-12(16)13(17)10-11/h2-3,10H,4-9H2,1H3. The number of nitrogens with zero attached hydrogens (tertiary/aromatic N) is 4. The molecule has 2 heterocycles. The lowest BCUT2D eigenvalue weighted by Crippen LogP contribution is -2.48. The summed E-state index contributed by atoms with van der Waals surface area (Å²) in [4.78, 5) is 6.15. The summed E-state index contributed by atoms with van der Waals surface area (Å²) in [5.41, 5.74) is 0. The van der Waals surface area contributed by atoms with Crippen molar-refractivity contribution in [2.45, 2.75) is 11.3 Å². The van der Waals surface area contributed by atoms with E-state index in [-0.39, 0.29) is 18.0 Å². The summed E-state index contributed by atoms with van der Waals surface area (Å²) in [6.07, 6.45) is 0.622. The molecule has 26 heavy (non-hydrogen) atoms. The number of sulfonamides is 1. The molecule has 1 aliphatic rings. The van der Waals surface area contributed by atoms with Gasteiger partial charge >= 0.3 is 0 Å². The fraction of sp³-hybridized carbons (Fsp3) is 0.467. The highest BCUT2D eigenvalue weighted by atomic mass is 32.2. The van der Waals surface area contributed by atoms with Crippen LogP contribution < -0.4 is 4.90 Å². The highest BCUT2D eigenvalue weighted by molar-refractivity contribution is 7.89. The molecule has 0 unspecified atom stereocenters. The van der Waals surface area contributed by atoms with Crippen LogP contribution in [0.3, 0.4) is 0 Å². The highest BCUT2D eigenvalue weighted by Gasteiger charge is 2.30. The molecule has 0 spiro atoms. The van der Waals surface area contributed by atoms with Crippen LogP contribution in [0.2, 0.25) is 0 Å². The number of anilines is 1. The monoisotopic (exact) mass is 404 g/mol. The molecule has 3 rings (SSSR count). The third kappa shape index (κ3) is 4.00. The van der Waals surface area contributed by atoms with Crippen LogP contribution in [-0.2, 0) is 21.2 Å². The molecule has 2 aromatic rings. The second-order valence-corrected chi connectivity index (χ2v) is 8.37. The summed E-state index contributed by atoms with van der Waals surface area (Å²) in [5, 5.41) is 0.737. The molecular weight excluding hydrogens is 386 g/mol. The number of ether oxygens (including phenoxy) is 1. The highest BCUT2D eigenvalue weighted by Crippen LogP contribution is 2.23. The first-order chi connectivity index (χ1) is 12.4. The average Bonchev–Trinajstić information content (AvgIpc) is 3.11. The Morgan fingerprint density at radius 1 is 1.19 bits per heavy atom. The third-order valence-electron chi connectivity index (χ3n) is 4.03. The summed E-state index contributed by atoms with van der Waals surface area (Å²) in [7, 11) is -2.25. The van der Waals surface area contributed by atoms with Gasteiger partial charge in [0.15, 0.2) is 11.6 Å². The number of piperazine rings is 1. The van der Waals surface area contributed by atoms with E-state index in [4.69, 9.17) is 4.74 Å². The molecule has 1 fully saturated rings. The second-order valence-electron chi connectivity index (χ2n) is 5.70. The predicted octanol–water partition coefficient (Wildman–Crippen LogP) is 1.52. The van der Waals surface area contributed by atoms with Crippen LogP contribution in [0.4, 0.5) is 13.9 Å². The van der Waals surface area contributed by atoms with E-state index in [1.807, 2.05) is 4.90 Å². The van der Waals surface area contributed by atoms with Crippen molar-refractivity contribution >= 4 is 26.7 Å². The quantitative estimate of drug-likeness (QED) is 0.727. The summed E-state index contributed by atoms with van der Waals surface area (Å²) in [5.74, 6) is -1.56. The van der Waals surface area contributed by atoms with Gasteiger partial charge in [-0.05, 0) is 18.2 Å². The Morgan fingerprint density at radius 3 is 2.58 bits per heavy atom. The van der Waals surface area contributed by atoms with Gasteiger partial charge in [0.2, 0.25) is 15.2 Å². The second kappa shape index (κ2) is 7.91. The SMILES string of the molecule is COCCc1nsc(N2CCN(S(=O)(=O)c3ccc(F)c(F)c3)CC2)n1. The van der Waals surface area contributed by atoms with E-state index in [9.17, 15) is 17.2 Å². The zero-order valence-corrected chi connectivity index (χ0v) is 15.7. The van der Waals surface area contributed by atoms with Crippen LogP contribution in [-0.4, -0.2) is 62.0 Å². The lowest BCUT2D eigenvalue weighted by Gasteiger charge is -2.33. The molecule has 0 radical (unpaired) electrons. The Morgan fingerprint density at radius 2 is 1.92 bits per heavy atom. The Bertz CT molecular complexity index is 868. The first-order valence-corrected chi connectivity index (χ1v) is 10.1. The van der Waals surface area contributed by atoms with Crippen molar-refractivity contribution in [3.63, 3.8) is 0 Å². The van der Waals surface area contributed by atoms with Gasteiger partial charge in [-0.15, -0.1) is 0 Å². The number of hydrogen-bond donors (Lipinski definition) is 0. The Labute approximate surface area is 154 Å². The number of hydrogen-bond acceptors (Lipinski definition) is 7. The molecule has 0 atom stereocenters. The topological polar surface area (TPSA) is 75.6 Å². The number of aromatic nitrogens is 2. The van der Waals surface area contributed by atoms with Crippen LogP contribution >= 0.6 is 11.5 Å². The van der Waals surface area contributed by atoms with Gasteiger partial charge in [0, 0.05) is 51.2 Å². The molecule has 1 aliphatic heterocycles. The van der Waals surface area contributed by atoms with Crippen molar-refractivity contribution in [1.82, 2.24) is 13.7 Å². The minimum atomic E-state index is -3.86. The summed E-state index contributed by atoms with van der Waals surface area (Å²) >= 11 is 1.27. The Hall–Kier alpha value is -1.69. The fourth-order valence-corrected chi connectivity index (χ4v) is 4.77. The van der Waals surface area contributed by atoms with Gasteiger partial charge in [0.25, 0.3) is 0 Å². The Balaban J connectivity index is 1.65. The number of halogens is 2. The van der Waals surface area contributed by atoms with Gasteiger partial charge in [0.1, 0.15) is 5.82 Å². The minimum absolute atomic E-state index is 0.230. The molecule has 0 amide bonds. The predicted molar refractivity (Wildman–Crippen MR) is 92.8 cm³/mol. The summed E-state index contributed by atoms with van der Waals surface area (Å²) < 4.78 is 62.1. The molecule has 1 aromatic carbocycles. The zero-order valence-electron chi connectivity index (χ0n) is 14.1. The molecule has 142 valence electrons. The number of methoxy groups -OCH3 is 1. The van der Waals surface area contributed by atoms with Crippen molar-refractivity contribution in [3.05, 3.63) is 35.7 Å². The molecule has 1 saturated heterocycles. The number of rotatable bonds is 6. The lowest BCUT2D eigenvalue weighted by atomic mass is 10.3. The molecule has 0 saturated carbocycles. The van der Waals surface area contributed by atoms with Crippen molar-refractivity contribution < 1.29 is 21.9 Å². The van der Waals surface area contributed by atoms with E-state index >= 15 is 0 Å². The maximum atomic E-state index is 13.4. The van der Waals surface area contributed by atoms with Crippen LogP contribution in [0.5, 0.6) is 0 Å². The van der Waals surface area contributed by atoms with Gasteiger partial charge < -0.3 is 9.64 Å². The smallest absolute Gasteiger partial charge is 0.243 e. The van der Waals surface area contributed by atoms with Gasteiger partial charge in [-0.3, -0.25) is 0 Å². The van der Waals surface area contributed by atoms with Crippen molar-refractivity contribution in [2.75, 3.05) is 44.8 Å². The molecule has 0 N–H and O–H groups in total. The largest absolute Gasteiger partial charge is 0.384 e. The lowest BCUT2D eigenvalue weighted by molar-refractivity contribution is 0.201. The van der Waals surface area contributed by atoms with E-state index in [0.29, 0.717) is 38.0 Å². The van der Waals surface area contributed by atoms with Crippen LogP contribution in [0.1, 0.15) is 5.82 Å². The van der Waals surface area contributed by atoms with Gasteiger partial charge in [-0.2, -0.15) is 8.68 Å².